The normalized spacial score (nSPS) is 20.0. The maximum Gasteiger partial charge on any atom is 0.251 e. The number of rotatable bonds is 3. The van der Waals surface area contributed by atoms with Gasteiger partial charge in [0, 0.05) is 17.6 Å². The first-order chi connectivity index (χ1) is 11.5. The van der Waals surface area contributed by atoms with Gasteiger partial charge in [-0.2, -0.15) is 5.10 Å². The van der Waals surface area contributed by atoms with Gasteiger partial charge in [0.2, 0.25) is 0 Å². The Bertz CT molecular complexity index is 744. The van der Waals surface area contributed by atoms with Crippen molar-refractivity contribution in [3.05, 3.63) is 45.7 Å². The number of nitrogens with one attached hydrogen (secondary N) is 2. The number of piperidine rings is 1. The van der Waals surface area contributed by atoms with Crippen LogP contribution in [0.4, 0.5) is 0 Å². The number of aromatic nitrogens is 2. The molecule has 2 unspecified atom stereocenters. The summed E-state index contributed by atoms with van der Waals surface area (Å²) in [5.74, 6) is -0.00445. The third-order valence-electron chi connectivity index (χ3n) is 4.54. The Morgan fingerprint density at radius 1 is 1.32 bits per heavy atom. The van der Waals surface area contributed by atoms with Crippen LogP contribution in [0.5, 0.6) is 0 Å². The van der Waals surface area contributed by atoms with Crippen LogP contribution in [-0.4, -0.2) is 34.3 Å². The average molecular weight is 428 g/mol. The van der Waals surface area contributed by atoms with E-state index in [1.807, 2.05) is 42.8 Å². The maximum atomic E-state index is 12.4. The van der Waals surface area contributed by atoms with Crippen molar-refractivity contribution in [1.82, 2.24) is 20.4 Å². The average Bonchev–Trinajstić information content (AvgIpc) is 2.82. The minimum Gasteiger partial charge on any atom is -0.349 e. The largest absolute Gasteiger partial charge is 0.349 e. The lowest BCUT2D eigenvalue weighted by atomic mass is 10.0. The molecule has 5 nitrogen and oxygen atoms in total. The highest BCUT2D eigenvalue weighted by molar-refractivity contribution is 9.10. The van der Waals surface area contributed by atoms with Gasteiger partial charge in [-0.25, -0.2) is 4.68 Å². The zero-order valence-electron chi connectivity index (χ0n) is 14.7. The SMILES string of the molecule is Cc1nn(-c2ccc(C(=O)NC3CCNC(C)C3)cc2)c(C)c1Br.Cl. The predicted molar refractivity (Wildman–Crippen MR) is 106 cm³/mol. The molecule has 0 radical (unpaired) electrons. The van der Waals surface area contributed by atoms with E-state index in [9.17, 15) is 4.79 Å². The standard InChI is InChI=1S/C18H23BrN4O.ClH/c1-11-10-15(8-9-20-11)21-18(24)14-4-6-16(7-5-14)23-13(3)17(19)12(2)22-23;/h4-7,11,15,20H,8-10H2,1-3H3,(H,21,24);1H. The molecule has 1 aromatic carbocycles. The molecule has 136 valence electrons. The van der Waals surface area contributed by atoms with E-state index in [4.69, 9.17) is 0 Å². The van der Waals surface area contributed by atoms with Crippen molar-refractivity contribution in [2.24, 2.45) is 0 Å². The van der Waals surface area contributed by atoms with Gasteiger partial charge in [0.1, 0.15) is 0 Å². The third-order valence-corrected chi connectivity index (χ3v) is 5.68. The molecule has 7 heteroatoms. The monoisotopic (exact) mass is 426 g/mol. The van der Waals surface area contributed by atoms with Crippen molar-refractivity contribution in [2.75, 3.05) is 6.54 Å². The first-order valence-electron chi connectivity index (χ1n) is 8.32. The number of hydrogen-bond donors (Lipinski definition) is 2. The van der Waals surface area contributed by atoms with Crippen LogP contribution in [-0.2, 0) is 0 Å². The number of carbonyl (C=O) groups is 1. The molecule has 1 aliphatic heterocycles. The highest BCUT2D eigenvalue weighted by Gasteiger charge is 2.20. The summed E-state index contributed by atoms with van der Waals surface area (Å²) in [5, 5.41) is 11.1. The Balaban J connectivity index is 0.00000225. The van der Waals surface area contributed by atoms with E-state index in [0.29, 0.717) is 11.6 Å². The van der Waals surface area contributed by atoms with E-state index in [0.717, 1.165) is 40.9 Å². The van der Waals surface area contributed by atoms with Gasteiger partial charge in [-0.1, -0.05) is 0 Å². The summed E-state index contributed by atoms with van der Waals surface area (Å²) in [6, 6.07) is 8.30. The fourth-order valence-electron chi connectivity index (χ4n) is 3.16. The predicted octanol–water partition coefficient (Wildman–Crippen LogP) is 3.54. The minimum atomic E-state index is -0.00445. The molecule has 0 bridgehead atoms. The van der Waals surface area contributed by atoms with Crippen LogP contribution in [0.25, 0.3) is 5.69 Å². The Morgan fingerprint density at radius 3 is 2.56 bits per heavy atom. The van der Waals surface area contributed by atoms with Gasteiger partial charge in [-0.05, 0) is 80.4 Å². The van der Waals surface area contributed by atoms with E-state index >= 15 is 0 Å². The van der Waals surface area contributed by atoms with E-state index in [1.165, 1.54) is 0 Å². The Kier molecular flexibility index (Phi) is 6.65. The molecule has 2 aromatic rings. The van der Waals surface area contributed by atoms with E-state index < -0.39 is 0 Å². The number of halogens is 2. The van der Waals surface area contributed by atoms with E-state index in [1.54, 1.807) is 0 Å². The molecule has 2 N–H and O–H groups in total. The van der Waals surface area contributed by atoms with Crippen LogP contribution in [0.1, 0.15) is 41.5 Å². The number of aryl methyl sites for hydroxylation is 1. The molecule has 1 amide bonds. The van der Waals surface area contributed by atoms with Gasteiger partial charge in [0.15, 0.2) is 0 Å². The molecule has 1 saturated heterocycles. The molecular weight excluding hydrogens is 404 g/mol. The van der Waals surface area contributed by atoms with E-state index in [2.05, 4.69) is 38.6 Å². The minimum absolute atomic E-state index is 0. The molecule has 0 aliphatic carbocycles. The van der Waals surface area contributed by atoms with Gasteiger partial charge in [-0.15, -0.1) is 12.4 Å². The van der Waals surface area contributed by atoms with Crippen LogP contribution in [0.3, 0.4) is 0 Å². The van der Waals surface area contributed by atoms with Gasteiger partial charge >= 0.3 is 0 Å². The summed E-state index contributed by atoms with van der Waals surface area (Å²) >= 11 is 3.54. The summed E-state index contributed by atoms with van der Waals surface area (Å²) in [7, 11) is 0. The van der Waals surface area contributed by atoms with Crippen LogP contribution in [0.15, 0.2) is 28.7 Å². The van der Waals surface area contributed by atoms with Crippen molar-refractivity contribution < 1.29 is 4.79 Å². The number of carbonyl (C=O) groups excluding carboxylic acids is 1. The molecule has 1 aliphatic rings. The molecule has 2 heterocycles. The number of nitrogens with zero attached hydrogens (tertiary/aromatic N) is 2. The smallest absolute Gasteiger partial charge is 0.251 e. The van der Waals surface area contributed by atoms with Gasteiger partial charge in [-0.3, -0.25) is 4.79 Å². The highest BCUT2D eigenvalue weighted by atomic mass is 79.9. The van der Waals surface area contributed by atoms with Crippen molar-refractivity contribution in [1.29, 1.82) is 0 Å². The van der Waals surface area contributed by atoms with Crippen LogP contribution < -0.4 is 10.6 Å². The molecule has 0 spiro atoms. The Morgan fingerprint density at radius 2 is 2.00 bits per heavy atom. The lowest BCUT2D eigenvalue weighted by molar-refractivity contribution is 0.0925. The summed E-state index contributed by atoms with van der Waals surface area (Å²) in [6.07, 6.45) is 1.96. The molecule has 1 fully saturated rings. The van der Waals surface area contributed by atoms with Crippen LogP contribution in [0.2, 0.25) is 0 Å². The highest BCUT2D eigenvalue weighted by Crippen LogP contribution is 2.23. The lowest BCUT2D eigenvalue weighted by Crippen LogP contribution is -2.46. The number of benzene rings is 1. The first-order valence-corrected chi connectivity index (χ1v) is 9.11. The van der Waals surface area contributed by atoms with Crippen LogP contribution in [0, 0.1) is 13.8 Å². The Hall–Kier alpha value is -1.37. The molecular formula is C18H24BrClN4O. The Labute approximate surface area is 163 Å². The fourth-order valence-corrected chi connectivity index (χ4v) is 3.41. The third kappa shape index (κ3) is 4.43. The quantitative estimate of drug-likeness (QED) is 0.787. The summed E-state index contributed by atoms with van der Waals surface area (Å²) in [5.41, 5.74) is 3.64. The summed E-state index contributed by atoms with van der Waals surface area (Å²) in [4.78, 5) is 12.4. The second-order valence-electron chi connectivity index (χ2n) is 6.49. The molecule has 1 aromatic heterocycles. The molecule has 2 atom stereocenters. The van der Waals surface area contributed by atoms with Crippen molar-refractivity contribution in [3.63, 3.8) is 0 Å². The topological polar surface area (TPSA) is 59.0 Å². The molecule has 0 saturated carbocycles. The number of amides is 1. The van der Waals surface area contributed by atoms with Gasteiger partial charge in [0.25, 0.3) is 5.91 Å². The maximum absolute atomic E-state index is 12.4. The van der Waals surface area contributed by atoms with E-state index in [-0.39, 0.29) is 24.4 Å². The van der Waals surface area contributed by atoms with Gasteiger partial charge < -0.3 is 10.6 Å². The zero-order chi connectivity index (χ0) is 17.3. The first kappa shape index (κ1) is 19.9. The number of hydrogen-bond acceptors (Lipinski definition) is 3. The molecule has 25 heavy (non-hydrogen) atoms. The second-order valence-corrected chi connectivity index (χ2v) is 7.29. The fraction of sp³-hybridized carbons (Fsp3) is 0.444. The second kappa shape index (κ2) is 8.34. The van der Waals surface area contributed by atoms with Gasteiger partial charge in [0.05, 0.1) is 21.5 Å². The summed E-state index contributed by atoms with van der Waals surface area (Å²) in [6.45, 7) is 7.09. The lowest BCUT2D eigenvalue weighted by Gasteiger charge is -2.28. The molecule has 3 rings (SSSR count). The summed E-state index contributed by atoms with van der Waals surface area (Å²) < 4.78 is 2.90. The van der Waals surface area contributed by atoms with Crippen LogP contribution >= 0.6 is 28.3 Å². The van der Waals surface area contributed by atoms with Crippen molar-refractivity contribution in [2.45, 2.75) is 45.7 Å². The zero-order valence-corrected chi connectivity index (χ0v) is 17.1. The van der Waals surface area contributed by atoms with Crippen molar-refractivity contribution in [3.8, 4) is 5.69 Å². The van der Waals surface area contributed by atoms with Crippen molar-refractivity contribution >= 4 is 34.2 Å².